The Morgan fingerprint density at radius 3 is 2.85 bits per heavy atom. The van der Waals surface area contributed by atoms with Crippen LogP contribution in [-0.2, 0) is 16.1 Å². The molecule has 9 heteroatoms. The number of amides is 1. The van der Waals surface area contributed by atoms with Gasteiger partial charge < -0.3 is 10.3 Å². The third-order valence-corrected chi connectivity index (χ3v) is 4.58. The van der Waals surface area contributed by atoms with E-state index in [2.05, 4.69) is 15.3 Å². The van der Waals surface area contributed by atoms with Crippen LogP contribution in [0.1, 0.15) is 6.92 Å². The third-order valence-electron chi connectivity index (χ3n) is 3.84. The highest BCUT2D eigenvalue weighted by atomic mass is 32.2. The Hall–Kier alpha value is -2.78. The van der Waals surface area contributed by atoms with E-state index in [4.69, 9.17) is 0 Å². The first kappa shape index (κ1) is 18.0. The van der Waals surface area contributed by atoms with Gasteiger partial charge in [-0.05, 0) is 30.3 Å². The SMILES string of the molecule is CC(=O)NCCN(c1ccc(-c2c[nH]c3cc(F)ccc23)cn1)S(=O)O. The predicted octanol–water partition coefficient (Wildman–Crippen LogP) is 2.45. The van der Waals surface area contributed by atoms with Crippen LogP contribution < -0.4 is 9.62 Å². The zero-order chi connectivity index (χ0) is 18.7. The van der Waals surface area contributed by atoms with E-state index in [9.17, 15) is 17.9 Å². The quantitative estimate of drug-likeness (QED) is 0.576. The smallest absolute Gasteiger partial charge is 0.263 e. The van der Waals surface area contributed by atoms with Crippen LogP contribution in [0.3, 0.4) is 0 Å². The number of rotatable bonds is 6. The topological polar surface area (TPSA) is 98.3 Å². The number of benzene rings is 1. The zero-order valence-electron chi connectivity index (χ0n) is 13.9. The maximum Gasteiger partial charge on any atom is 0.263 e. The summed E-state index contributed by atoms with van der Waals surface area (Å²) in [4.78, 5) is 18.2. The summed E-state index contributed by atoms with van der Waals surface area (Å²) in [5.74, 6) is -0.224. The van der Waals surface area contributed by atoms with E-state index in [0.717, 1.165) is 16.5 Å². The summed E-state index contributed by atoms with van der Waals surface area (Å²) < 4.78 is 35.5. The van der Waals surface area contributed by atoms with Gasteiger partial charge in [0, 0.05) is 47.9 Å². The molecule has 0 radical (unpaired) electrons. The van der Waals surface area contributed by atoms with Crippen molar-refractivity contribution in [3.05, 3.63) is 48.5 Å². The average molecular weight is 376 g/mol. The number of pyridine rings is 1. The van der Waals surface area contributed by atoms with E-state index in [1.165, 1.54) is 23.4 Å². The number of hydrogen-bond acceptors (Lipinski definition) is 3. The average Bonchev–Trinajstić information content (AvgIpc) is 3.01. The molecule has 0 saturated heterocycles. The van der Waals surface area contributed by atoms with Gasteiger partial charge in [0.05, 0.1) is 6.54 Å². The van der Waals surface area contributed by atoms with Crippen molar-refractivity contribution in [3.63, 3.8) is 0 Å². The van der Waals surface area contributed by atoms with Crippen LogP contribution in [0.25, 0.3) is 22.0 Å². The molecule has 0 bridgehead atoms. The molecule has 1 atom stereocenters. The second-order valence-corrected chi connectivity index (χ2v) is 6.52. The van der Waals surface area contributed by atoms with Crippen molar-refractivity contribution in [2.45, 2.75) is 6.92 Å². The summed E-state index contributed by atoms with van der Waals surface area (Å²) in [6.07, 6.45) is 3.35. The molecule has 0 aliphatic heterocycles. The number of carbonyl (C=O) groups excluding carboxylic acids is 1. The summed E-state index contributed by atoms with van der Waals surface area (Å²) in [5, 5.41) is 3.43. The van der Waals surface area contributed by atoms with Gasteiger partial charge in [-0.3, -0.25) is 13.7 Å². The minimum Gasteiger partial charge on any atom is -0.360 e. The first-order chi connectivity index (χ1) is 12.5. The van der Waals surface area contributed by atoms with Gasteiger partial charge >= 0.3 is 0 Å². The van der Waals surface area contributed by atoms with Gasteiger partial charge in [0.2, 0.25) is 5.91 Å². The molecule has 3 rings (SSSR count). The minimum absolute atomic E-state index is 0.140. The Labute approximate surface area is 151 Å². The molecule has 0 fully saturated rings. The van der Waals surface area contributed by atoms with E-state index in [1.807, 2.05) is 0 Å². The van der Waals surface area contributed by atoms with Crippen LogP contribution in [0.5, 0.6) is 0 Å². The number of anilines is 1. The van der Waals surface area contributed by atoms with E-state index >= 15 is 0 Å². The standard InChI is InChI=1S/C17H17FN4O3S/c1-11(23)19-6-7-22(26(24)25)17-5-2-12(9-21-17)15-10-20-16-8-13(18)3-4-14(15)16/h2-5,8-10,20H,6-7H2,1H3,(H,19,23)(H,24,25). The third kappa shape index (κ3) is 3.89. The molecule has 0 spiro atoms. The molecule has 136 valence electrons. The number of fused-ring (bicyclic) bond motifs is 1. The number of nitrogens with one attached hydrogen (secondary N) is 2. The fourth-order valence-electron chi connectivity index (χ4n) is 2.64. The van der Waals surface area contributed by atoms with Crippen molar-refractivity contribution >= 4 is 33.9 Å². The van der Waals surface area contributed by atoms with Crippen molar-refractivity contribution in [1.82, 2.24) is 15.3 Å². The molecule has 1 amide bonds. The van der Waals surface area contributed by atoms with Crippen molar-refractivity contribution in [2.24, 2.45) is 0 Å². The monoisotopic (exact) mass is 376 g/mol. The number of aromatic nitrogens is 2. The summed E-state index contributed by atoms with van der Waals surface area (Å²) in [6.45, 7) is 1.74. The van der Waals surface area contributed by atoms with Crippen LogP contribution in [0, 0.1) is 5.82 Å². The Kier molecular flexibility index (Phi) is 5.29. The van der Waals surface area contributed by atoms with E-state index in [0.29, 0.717) is 11.3 Å². The largest absolute Gasteiger partial charge is 0.360 e. The van der Waals surface area contributed by atoms with Crippen LogP contribution in [0.4, 0.5) is 10.2 Å². The van der Waals surface area contributed by atoms with Crippen molar-refractivity contribution in [3.8, 4) is 11.1 Å². The molecular formula is C17H17FN4O3S. The van der Waals surface area contributed by atoms with Gasteiger partial charge in [0.25, 0.3) is 11.3 Å². The molecule has 3 aromatic rings. The summed E-state index contributed by atoms with van der Waals surface area (Å²) in [7, 11) is 0. The number of aromatic amines is 1. The normalized spacial score (nSPS) is 12.1. The number of nitrogens with zero attached hydrogens (tertiary/aromatic N) is 2. The van der Waals surface area contributed by atoms with Crippen molar-refractivity contribution in [2.75, 3.05) is 17.4 Å². The molecular weight excluding hydrogens is 359 g/mol. The number of H-pyrrole nitrogens is 1. The molecule has 0 aliphatic carbocycles. The zero-order valence-corrected chi connectivity index (χ0v) is 14.7. The van der Waals surface area contributed by atoms with E-state index < -0.39 is 11.3 Å². The van der Waals surface area contributed by atoms with E-state index in [1.54, 1.807) is 30.6 Å². The highest BCUT2D eigenvalue weighted by molar-refractivity contribution is 7.80. The van der Waals surface area contributed by atoms with Gasteiger partial charge in [0.1, 0.15) is 11.6 Å². The Balaban J connectivity index is 1.84. The molecule has 26 heavy (non-hydrogen) atoms. The van der Waals surface area contributed by atoms with Gasteiger partial charge in [-0.25, -0.2) is 13.6 Å². The molecule has 1 aromatic carbocycles. The Morgan fingerprint density at radius 2 is 2.19 bits per heavy atom. The number of carbonyl (C=O) groups is 1. The lowest BCUT2D eigenvalue weighted by atomic mass is 10.1. The summed E-state index contributed by atoms with van der Waals surface area (Å²) >= 11 is -2.27. The van der Waals surface area contributed by atoms with Crippen LogP contribution in [-0.4, -0.2) is 37.7 Å². The minimum atomic E-state index is -2.27. The lowest BCUT2D eigenvalue weighted by molar-refractivity contribution is -0.118. The van der Waals surface area contributed by atoms with E-state index in [-0.39, 0.29) is 24.8 Å². The molecule has 0 saturated carbocycles. The maximum absolute atomic E-state index is 13.3. The van der Waals surface area contributed by atoms with Gasteiger partial charge in [-0.1, -0.05) is 0 Å². The highest BCUT2D eigenvalue weighted by Gasteiger charge is 2.14. The summed E-state index contributed by atoms with van der Waals surface area (Å²) in [5.41, 5.74) is 2.32. The lowest BCUT2D eigenvalue weighted by Crippen LogP contribution is -2.35. The first-order valence-electron chi connectivity index (χ1n) is 7.81. The molecule has 1 unspecified atom stereocenters. The Morgan fingerprint density at radius 1 is 1.38 bits per heavy atom. The molecule has 0 aliphatic rings. The highest BCUT2D eigenvalue weighted by Crippen LogP contribution is 2.29. The second-order valence-electron chi connectivity index (χ2n) is 5.61. The second kappa shape index (κ2) is 7.63. The van der Waals surface area contributed by atoms with Gasteiger partial charge in [-0.15, -0.1) is 0 Å². The Bertz CT molecular complexity index is 958. The molecule has 2 aromatic heterocycles. The maximum atomic E-state index is 13.3. The van der Waals surface area contributed by atoms with Crippen LogP contribution >= 0.6 is 0 Å². The van der Waals surface area contributed by atoms with Crippen LogP contribution in [0.15, 0.2) is 42.7 Å². The lowest BCUT2D eigenvalue weighted by Gasteiger charge is -2.19. The van der Waals surface area contributed by atoms with Crippen molar-refractivity contribution < 1.29 is 17.9 Å². The van der Waals surface area contributed by atoms with Crippen LogP contribution in [0.2, 0.25) is 0 Å². The fourth-order valence-corrected chi connectivity index (χ4v) is 3.15. The van der Waals surface area contributed by atoms with Gasteiger partial charge in [-0.2, -0.15) is 0 Å². The molecule has 2 heterocycles. The number of halogens is 1. The first-order valence-corrected chi connectivity index (χ1v) is 8.88. The molecule has 3 N–H and O–H groups in total. The number of hydrogen-bond donors (Lipinski definition) is 3. The predicted molar refractivity (Wildman–Crippen MR) is 98.3 cm³/mol. The molecule has 7 nitrogen and oxygen atoms in total. The summed E-state index contributed by atoms with van der Waals surface area (Å²) in [6, 6.07) is 7.89. The van der Waals surface area contributed by atoms with Crippen molar-refractivity contribution in [1.29, 1.82) is 0 Å². The van der Waals surface area contributed by atoms with Gasteiger partial charge in [0.15, 0.2) is 0 Å². The fraction of sp³-hybridized carbons (Fsp3) is 0.176.